The van der Waals surface area contributed by atoms with Crippen LogP contribution < -0.4 is 0 Å². The lowest BCUT2D eigenvalue weighted by Gasteiger charge is -2.05. The molecule has 3 nitrogen and oxygen atoms in total. The third-order valence-corrected chi connectivity index (χ3v) is 4.41. The molecule has 0 saturated carbocycles. The van der Waals surface area contributed by atoms with Crippen molar-refractivity contribution < 1.29 is 14.7 Å². The summed E-state index contributed by atoms with van der Waals surface area (Å²) in [4.78, 5) is 21.7. The number of hydrogen-bond donors (Lipinski definition) is 1. The fraction of sp³-hybridized carbons (Fsp3) is 0.200. The largest absolute Gasteiger partial charge is 0.481 e. The first-order valence-electron chi connectivity index (χ1n) is 4.27. The summed E-state index contributed by atoms with van der Waals surface area (Å²) in [5.41, 5.74) is 0.765. The Balaban J connectivity index is 2.85. The molecule has 0 aromatic heterocycles. The average Bonchev–Trinajstić information content (AvgIpc) is 2.12. The number of halogens is 3. The van der Waals surface area contributed by atoms with Gasteiger partial charge in [0.15, 0.2) is 0 Å². The first-order valence-corrected chi connectivity index (χ1v) is 6.65. The third kappa shape index (κ3) is 3.99. The molecule has 1 N–H and O–H groups in total. The number of carboxylic acid groups (broad SMARTS) is 1. The minimum absolute atomic E-state index is 0.110. The van der Waals surface area contributed by atoms with Crippen LogP contribution in [0.5, 0.6) is 0 Å². The first kappa shape index (κ1) is 13.9. The van der Waals surface area contributed by atoms with Gasteiger partial charge in [-0.15, -0.1) is 0 Å². The third-order valence-electron chi connectivity index (χ3n) is 1.83. The van der Waals surface area contributed by atoms with Crippen LogP contribution in [-0.2, 0) is 16.0 Å². The van der Waals surface area contributed by atoms with E-state index < -0.39 is 12.4 Å². The van der Waals surface area contributed by atoms with Crippen LogP contribution in [0.25, 0.3) is 0 Å². The van der Waals surface area contributed by atoms with Gasteiger partial charge in [-0.3, -0.25) is 9.59 Å². The maximum Gasteiger partial charge on any atom is 0.310 e. The van der Waals surface area contributed by atoms with Gasteiger partial charge in [0.2, 0.25) is 0 Å². The van der Waals surface area contributed by atoms with Crippen LogP contribution in [0.3, 0.4) is 0 Å². The van der Waals surface area contributed by atoms with Gasteiger partial charge in [0.1, 0.15) is 12.2 Å². The molecule has 6 heteroatoms. The van der Waals surface area contributed by atoms with E-state index in [1.165, 1.54) is 0 Å². The summed E-state index contributed by atoms with van der Waals surface area (Å²) < 4.78 is 2.48. The molecule has 0 amide bonds. The SMILES string of the molecule is O=C(O)CC(=O)Cc1cc(Br)c(Br)cc1Br. The zero-order valence-corrected chi connectivity index (χ0v) is 12.7. The summed E-state index contributed by atoms with van der Waals surface area (Å²) in [5.74, 6) is -1.42. The van der Waals surface area contributed by atoms with Gasteiger partial charge in [-0.2, -0.15) is 0 Å². The quantitative estimate of drug-likeness (QED) is 0.605. The fourth-order valence-electron chi connectivity index (χ4n) is 1.14. The average molecular weight is 415 g/mol. The van der Waals surface area contributed by atoms with Crippen molar-refractivity contribution in [3.63, 3.8) is 0 Å². The Morgan fingerprint density at radius 1 is 1.06 bits per heavy atom. The van der Waals surface area contributed by atoms with Crippen LogP contribution in [0.15, 0.2) is 25.6 Å². The van der Waals surface area contributed by atoms with Crippen molar-refractivity contribution in [3.8, 4) is 0 Å². The minimum Gasteiger partial charge on any atom is -0.481 e. The van der Waals surface area contributed by atoms with E-state index in [2.05, 4.69) is 47.8 Å². The molecule has 0 atom stereocenters. The maximum absolute atomic E-state index is 11.3. The summed E-state index contributed by atoms with van der Waals surface area (Å²) in [6.45, 7) is 0. The van der Waals surface area contributed by atoms with Crippen LogP contribution in [-0.4, -0.2) is 16.9 Å². The highest BCUT2D eigenvalue weighted by molar-refractivity contribution is 9.13. The normalized spacial score (nSPS) is 10.2. The van der Waals surface area contributed by atoms with Crippen molar-refractivity contribution in [1.29, 1.82) is 0 Å². The lowest BCUT2D eigenvalue weighted by Crippen LogP contribution is -2.09. The molecule has 0 saturated heterocycles. The van der Waals surface area contributed by atoms with Crippen LogP contribution in [0.2, 0.25) is 0 Å². The number of Topliss-reactive ketones (excluding diaryl/α,β-unsaturated/α-hetero) is 1. The van der Waals surface area contributed by atoms with Crippen LogP contribution in [0.1, 0.15) is 12.0 Å². The standard InChI is InChI=1S/C10H7Br3O3/c11-7-4-9(13)8(12)2-5(7)1-6(14)3-10(15)16/h2,4H,1,3H2,(H,15,16). The molecule has 0 heterocycles. The van der Waals surface area contributed by atoms with Gasteiger partial charge in [0, 0.05) is 19.8 Å². The van der Waals surface area contributed by atoms with E-state index in [0.717, 1.165) is 19.0 Å². The molecule has 86 valence electrons. The number of ketones is 1. The molecule has 0 radical (unpaired) electrons. The van der Waals surface area contributed by atoms with Gasteiger partial charge in [0.05, 0.1) is 0 Å². The molecule has 16 heavy (non-hydrogen) atoms. The second-order valence-electron chi connectivity index (χ2n) is 3.14. The number of carbonyl (C=O) groups excluding carboxylic acids is 1. The van der Waals surface area contributed by atoms with Gasteiger partial charge < -0.3 is 5.11 Å². The van der Waals surface area contributed by atoms with Crippen LogP contribution >= 0.6 is 47.8 Å². The molecular weight excluding hydrogens is 408 g/mol. The maximum atomic E-state index is 11.3. The molecule has 1 aromatic carbocycles. The Morgan fingerprint density at radius 3 is 2.19 bits per heavy atom. The van der Waals surface area contributed by atoms with Gasteiger partial charge in [-0.1, -0.05) is 15.9 Å². The van der Waals surface area contributed by atoms with E-state index in [9.17, 15) is 9.59 Å². The Labute approximate surface area is 118 Å². The summed E-state index contributed by atoms with van der Waals surface area (Å²) in [6.07, 6.45) is -0.334. The molecule has 0 fully saturated rings. The predicted octanol–water partition coefficient (Wildman–Crippen LogP) is 3.56. The van der Waals surface area contributed by atoms with E-state index in [1.807, 2.05) is 6.07 Å². The van der Waals surface area contributed by atoms with Crippen LogP contribution in [0, 0.1) is 0 Å². The highest BCUT2D eigenvalue weighted by atomic mass is 79.9. The van der Waals surface area contributed by atoms with E-state index in [-0.39, 0.29) is 12.2 Å². The van der Waals surface area contributed by atoms with Crippen molar-refractivity contribution in [3.05, 3.63) is 31.1 Å². The summed E-state index contributed by atoms with van der Waals surface area (Å²) in [7, 11) is 0. The summed E-state index contributed by atoms with van der Waals surface area (Å²) in [6, 6.07) is 3.60. The van der Waals surface area contributed by atoms with E-state index in [1.54, 1.807) is 6.07 Å². The Hall–Kier alpha value is -0.200. The first-order chi connectivity index (χ1) is 7.40. The smallest absolute Gasteiger partial charge is 0.310 e. The minimum atomic E-state index is -1.10. The van der Waals surface area contributed by atoms with Crippen LogP contribution in [0.4, 0.5) is 0 Å². The fourth-order valence-corrected chi connectivity index (χ4v) is 2.67. The molecule has 0 aliphatic heterocycles. The van der Waals surface area contributed by atoms with Crippen molar-refractivity contribution >= 4 is 59.5 Å². The molecule has 1 aromatic rings. The Morgan fingerprint density at radius 2 is 1.62 bits per heavy atom. The predicted molar refractivity (Wildman–Crippen MR) is 70.5 cm³/mol. The summed E-state index contributed by atoms with van der Waals surface area (Å²) >= 11 is 9.98. The highest BCUT2D eigenvalue weighted by Crippen LogP contribution is 2.30. The lowest BCUT2D eigenvalue weighted by molar-refractivity contribution is -0.140. The van der Waals surface area contributed by atoms with Crippen molar-refractivity contribution in [2.45, 2.75) is 12.8 Å². The second-order valence-corrected chi connectivity index (χ2v) is 5.71. The topological polar surface area (TPSA) is 54.4 Å². The van der Waals surface area contributed by atoms with E-state index in [0.29, 0.717) is 0 Å². The number of carbonyl (C=O) groups is 2. The van der Waals surface area contributed by atoms with Crippen molar-refractivity contribution in [2.24, 2.45) is 0 Å². The number of carboxylic acids is 1. The Bertz CT molecular complexity index is 443. The van der Waals surface area contributed by atoms with E-state index in [4.69, 9.17) is 5.11 Å². The molecule has 0 aliphatic carbocycles. The van der Waals surface area contributed by atoms with Gasteiger partial charge in [-0.05, 0) is 49.6 Å². The van der Waals surface area contributed by atoms with Gasteiger partial charge in [0.25, 0.3) is 0 Å². The Kier molecular flexibility index (Phi) is 5.14. The number of rotatable bonds is 4. The zero-order chi connectivity index (χ0) is 12.3. The lowest BCUT2D eigenvalue weighted by atomic mass is 10.1. The van der Waals surface area contributed by atoms with Crippen molar-refractivity contribution in [1.82, 2.24) is 0 Å². The van der Waals surface area contributed by atoms with Gasteiger partial charge in [-0.25, -0.2) is 0 Å². The number of benzene rings is 1. The summed E-state index contributed by atoms with van der Waals surface area (Å²) in [5, 5.41) is 8.48. The second kappa shape index (κ2) is 5.93. The molecular formula is C10H7Br3O3. The molecule has 0 spiro atoms. The molecule has 0 aliphatic rings. The van der Waals surface area contributed by atoms with Gasteiger partial charge >= 0.3 is 5.97 Å². The van der Waals surface area contributed by atoms with Crippen molar-refractivity contribution in [2.75, 3.05) is 0 Å². The molecule has 0 bridgehead atoms. The molecule has 0 unspecified atom stereocenters. The number of aliphatic carboxylic acids is 1. The highest BCUT2D eigenvalue weighted by Gasteiger charge is 2.12. The monoisotopic (exact) mass is 412 g/mol. The molecule has 1 rings (SSSR count). The van der Waals surface area contributed by atoms with E-state index >= 15 is 0 Å². The zero-order valence-electron chi connectivity index (χ0n) is 7.97. The number of hydrogen-bond acceptors (Lipinski definition) is 2.